The number of amides is 1. The quantitative estimate of drug-likeness (QED) is 0.666. The largest absolute Gasteiger partial charge is 0.341 e. The van der Waals surface area contributed by atoms with Crippen molar-refractivity contribution in [1.29, 1.82) is 0 Å². The van der Waals surface area contributed by atoms with Crippen molar-refractivity contribution in [2.75, 3.05) is 11.0 Å². The number of hydrogen-bond acceptors (Lipinski definition) is 3. The zero-order valence-corrected chi connectivity index (χ0v) is 16.5. The number of nitrogens with one attached hydrogen (secondary N) is 2. The average molecular weight is 394 g/mol. The number of benzene rings is 3. The van der Waals surface area contributed by atoms with Gasteiger partial charge in [-0.2, -0.15) is 0 Å². The molecule has 1 amide bonds. The van der Waals surface area contributed by atoms with Gasteiger partial charge in [0.2, 0.25) is 10.0 Å². The summed E-state index contributed by atoms with van der Waals surface area (Å²) in [5, 5.41) is 3.08. The summed E-state index contributed by atoms with van der Waals surface area (Å²) in [5.41, 5.74) is 3.32. The molecular formula is C22H22N2O3S. The topological polar surface area (TPSA) is 75.3 Å². The van der Waals surface area contributed by atoms with E-state index in [-0.39, 0.29) is 11.9 Å². The van der Waals surface area contributed by atoms with Gasteiger partial charge in [-0.05, 0) is 35.7 Å². The zero-order chi connectivity index (χ0) is 20.1. The molecule has 0 aliphatic heterocycles. The third kappa shape index (κ3) is 4.78. The summed E-state index contributed by atoms with van der Waals surface area (Å²) in [5.74, 6) is -0.271. The van der Waals surface area contributed by atoms with Gasteiger partial charge in [-0.25, -0.2) is 8.42 Å². The molecule has 28 heavy (non-hydrogen) atoms. The van der Waals surface area contributed by atoms with Crippen LogP contribution in [0.4, 0.5) is 5.69 Å². The maximum absolute atomic E-state index is 13.1. The first-order valence-corrected chi connectivity index (χ1v) is 10.7. The van der Waals surface area contributed by atoms with Crippen LogP contribution in [0.1, 0.15) is 33.1 Å². The first kappa shape index (κ1) is 19.6. The lowest BCUT2D eigenvalue weighted by molar-refractivity contribution is 0.0942. The van der Waals surface area contributed by atoms with E-state index in [2.05, 4.69) is 10.0 Å². The van der Waals surface area contributed by atoms with E-state index in [0.717, 1.165) is 17.4 Å². The van der Waals surface area contributed by atoms with Gasteiger partial charge < -0.3 is 5.32 Å². The SMILES string of the molecule is Cc1c(NS(C)(=O)=O)cccc1C(=O)NC(c1ccccc1)c1ccccc1. The first-order chi connectivity index (χ1) is 13.3. The molecule has 144 valence electrons. The number of carbonyl (C=O) groups excluding carboxylic acids is 1. The number of sulfonamides is 1. The van der Waals surface area contributed by atoms with Crippen LogP contribution in [0, 0.1) is 6.92 Å². The second-order valence-corrected chi connectivity index (χ2v) is 8.33. The normalized spacial score (nSPS) is 11.2. The van der Waals surface area contributed by atoms with E-state index in [0.29, 0.717) is 16.8 Å². The fourth-order valence-corrected chi connectivity index (χ4v) is 3.67. The molecule has 0 spiro atoms. The minimum absolute atomic E-state index is 0.271. The maximum atomic E-state index is 13.1. The van der Waals surface area contributed by atoms with Gasteiger partial charge in [0.1, 0.15) is 0 Å². The van der Waals surface area contributed by atoms with Crippen LogP contribution in [-0.4, -0.2) is 20.6 Å². The summed E-state index contributed by atoms with van der Waals surface area (Å²) >= 11 is 0. The predicted octanol–water partition coefficient (Wildman–Crippen LogP) is 3.89. The van der Waals surface area contributed by atoms with E-state index in [1.165, 1.54) is 0 Å². The Hall–Kier alpha value is -3.12. The lowest BCUT2D eigenvalue weighted by Crippen LogP contribution is -2.30. The van der Waals surface area contributed by atoms with Crippen LogP contribution in [0.2, 0.25) is 0 Å². The fraction of sp³-hybridized carbons (Fsp3) is 0.136. The molecular weight excluding hydrogens is 372 g/mol. The molecule has 0 bridgehead atoms. The lowest BCUT2D eigenvalue weighted by Gasteiger charge is -2.21. The van der Waals surface area contributed by atoms with Gasteiger partial charge >= 0.3 is 0 Å². The van der Waals surface area contributed by atoms with E-state index >= 15 is 0 Å². The van der Waals surface area contributed by atoms with E-state index in [9.17, 15) is 13.2 Å². The maximum Gasteiger partial charge on any atom is 0.252 e. The highest BCUT2D eigenvalue weighted by atomic mass is 32.2. The van der Waals surface area contributed by atoms with E-state index < -0.39 is 10.0 Å². The standard InChI is InChI=1S/C22H22N2O3S/c1-16-19(14-9-15-20(16)24-28(2,26)27)22(25)23-21(17-10-5-3-6-11-17)18-12-7-4-8-13-18/h3-15,21,24H,1-2H3,(H,23,25). The van der Waals surface area contributed by atoms with E-state index in [4.69, 9.17) is 0 Å². The minimum Gasteiger partial charge on any atom is -0.341 e. The van der Waals surface area contributed by atoms with Crippen molar-refractivity contribution in [2.45, 2.75) is 13.0 Å². The number of anilines is 1. The Labute approximate surface area is 165 Å². The van der Waals surface area contributed by atoms with Crippen LogP contribution in [0.3, 0.4) is 0 Å². The molecule has 3 rings (SSSR count). The summed E-state index contributed by atoms with van der Waals surface area (Å²) in [6.07, 6.45) is 1.08. The highest BCUT2D eigenvalue weighted by Gasteiger charge is 2.20. The predicted molar refractivity (Wildman–Crippen MR) is 112 cm³/mol. The van der Waals surface area contributed by atoms with Crippen LogP contribution in [0.15, 0.2) is 78.9 Å². The number of rotatable bonds is 6. The van der Waals surface area contributed by atoms with Gasteiger partial charge in [0.25, 0.3) is 5.91 Å². The Balaban J connectivity index is 1.94. The molecule has 0 aliphatic rings. The second-order valence-electron chi connectivity index (χ2n) is 6.58. The molecule has 0 radical (unpaired) electrons. The van der Waals surface area contributed by atoms with Gasteiger partial charge in [-0.3, -0.25) is 9.52 Å². The van der Waals surface area contributed by atoms with Gasteiger partial charge in [0, 0.05) is 5.56 Å². The number of hydrogen-bond donors (Lipinski definition) is 2. The van der Waals surface area contributed by atoms with Crippen LogP contribution < -0.4 is 10.0 Å². The fourth-order valence-electron chi connectivity index (χ4n) is 3.05. The van der Waals surface area contributed by atoms with Crippen LogP contribution in [0.5, 0.6) is 0 Å². The summed E-state index contributed by atoms with van der Waals surface area (Å²) in [6.45, 7) is 1.72. The molecule has 3 aromatic carbocycles. The smallest absolute Gasteiger partial charge is 0.252 e. The summed E-state index contributed by atoms with van der Waals surface area (Å²) in [6, 6.07) is 24.1. The van der Waals surface area contributed by atoms with Crippen molar-refractivity contribution >= 4 is 21.6 Å². The van der Waals surface area contributed by atoms with Crippen molar-refractivity contribution in [3.8, 4) is 0 Å². The lowest BCUT2D eigenvalue weighted by atomic mass is 9.97. The number of carbonyl (C=O) groups is 1. The molecule has 3 aromatic rings. The van der Waals surface area contributed by atoms with Crippen molar-refractivity contribution in [3.05, 3.63) is 101 Å². The molecule has 0 aromatic heterocycles. The van der Waals surface area contributed by atoms with Gasteiger partial charge in [-0.1, -0.05) is 66.7 Å². The highest BCUT2D eigenvalue weighted by molar-refractivity contribution is 7.92. The van der Waals surface area contributed by atoms with Gasteiger partial charge in [-0.15, -0.1) is 0 Å². The van der Waals surface area contributed by atoms with Crippen LogP contribution in [-0.2, 0) is 10.0 Å². The molecule has 0 atom stereocenters. The minimum atomic E-state index is -3.43. The molecule has 0 fully saturated rings. The zero-order valence-electron chi connectivity index (χ0n) is 15.7. The highest BCUT2D eigenvalue weighted by Crippen LogP contribution is 2.24. The summed E-state index contributed by atoms with van der Waals surface area (Å²) in [4.78, 5) is 13.1. The molecule has 2 N–H and O–H groups in total. The van der Waals surface area contributed by atoms with Gasteiger partial charge in [0.05, 0.1) is 18.0 Å². The van der Waals surface area contributed by atoms with Crippen molar-refractivity contribution < 1.29 is 13.2 Å². The molecule has 0 heterocycles. The molecule has 0 saturated carbocycles. The summed E-state index contributed by atoms with van der Waals surface area (Å²) < 4.78 is 25.6. The molecule has 0 saturated heterocycles. The Morgan fingerprint density at radius 2 is 1.36 bits per heavy atom. The second kappa shape index (κ2) is 8.27. The molecule has 0 unspecified atom stereocenters. The van der Waals surface area contributed by atoms with Crippen LogP contribution in [0.25, 0.3) is 0 Å². The Kier molecular flexibility index (Phi) is 5.80. The van der Waals surface area contributed by atoms with E-state index in [1.807, 2.05) is 60.7 Å². The van der Waals surface area contributed by atoms with Crippen molar-refractivity contribution in [2.24, 2.45) is 0 Å². The van der Waals surface area contributed by atoms with Crippen molar-refractivity contribution in [1.82, 2.24) is 5.32 Å². The Bertz CT molecular complexity index is 1030. The van der Waals surface area contributed by atoms with Gasteiger partial charge in [0.15, 0.2) is 0 Å². The monoisotopic (exact) mass is 394 g/mol. The van der Waals surface area contributed by atoms with E-state index in [1.54, 1.807) is 25.1 Å². The Morgan fingerprint density at radius 3 is 1.86 bits per heavy atom. The average Bonchev–Trinajstić information content (AvgIpc) is 2.68. The molecule has 0 aliphatic carbocycles. The summed E-state index contributed by atoms with van der Waals surface area (Å²) in [7, 11) is -3.43. The van der Waals surface area contributed by atoms with Crippen LogP contribution >= 0.6 is 0 Å². The van der Waals surface area contributed by atoms with Crippen molar-refractivity contribution in [3.63, 3.8) is 0 Å². The third-order valence-corrected chi connectivity index (χ3v) is 5.01. The Morgan fingerprint density at radius 1 is 0.821 bits per heavy atom. The molecule has 5 nitrogen and oxygen atoms in total. The third-order valence-electron chi connectivity index (χ3n) is 4.42. The molecule has 6 heteroatoms. The first-order valence-electron chi connectivity index (χ1n) is 8.83.